The van der Waals surface area contributed by atoms with E-state index in [4.69, 9.17) is 0 Å². The Morgan fingerprint density at radius 3 is 2.41 bits per heavy atom. The van der Waals surface area contributed by atoms with Crippen molar-refractivity contribution >= 4 is 17.3 Å². The molecule has 0 atom stereocenters. The van der Waals surface area contributed by atoms with E-state index >= 15 is 0 Å². The molecule has 1 saturated heterocycles. The molecule has 1 fully saturated rings. The monoisotopic (exact) mass is 303 g/mol. The maximum atomic E-state index is 11.5. The summed E-state index contributed by atoms with van der Waals surface area (Å²) < 4.78 is 0. The molecule has 0 unspecified atom stereocenters. The summed E-state index contributed by atoms with van der Waals surface area (Å²) in [5, 5.41) is 3.01. The van der Waals surface area contributed by atoms with Crippen molar-refractivity contribution in [1.29, 1.82) is 0 Å². The second-order valence-corrected chi connectivity index (χ2v) is 6.79. The van der Waals surface area contributed by atoms with E-state index in [1.54, 1.807) is 6.92 Å². The van der Waals surface area contributed by atoms with E-state index < -0.39 is 0 Å². The summed E-state index contributed by atoms with van der Waals surface area (Å²) in [6, 6.07) is 7.13. The van der Waals surface area contributed by atoms with Gasteiger partial charge in [-0.05, 0) is 50.6 Å². The summed E-state index contributed by atoms with van der Waals surface area (Å²) in [6.45, 7) is 8.00. The van der Waals surface area contributed by atoms with Gasteiger partial charge in [-0.25, -0.2) is 0 Å². The van der Waals surface area contributed by atoms with Gasteiger partial charge < -0.3 is 15.1 Å². The number of hydrogen-bond acceptors (Lipinski definition) is 3. The highest BCUT2D eigenvalue weighted by Gasteiger charge is 2.22. The van der Waals surface area contributed by atoms with Crippen molar-refractivity contribution in [3.8, 4) is 0 Å². The van der Waals surface area contributed by atoms with Gasteiger partial charge in [0.1, 0.15) is 0 Å². The number of rotatable bonds is 4. The Morgan fingerprint density at radius 1 is 1.27 bits per heavy atom. The lowest BCUT2D eigenvalue weighted by Crippen LogP contribution is -2.42. The molecule has 4 nitrogen and oxygen atoms in total. The number of benzene rings is 1. The predicted molar refractivity (Wildman–Crippen MR) is 93.8 cm³/mol. The van der Waals surface area contributed by atoms with Crippen molar-refractivity contribution in [1.82, 2.24) is 4.90 Å². The normalized spacial score (nSPS) is 16.4. The molecule has 0 radical (unpaired) electrons. The van der Waals surface area contributed by atoms with Gasteiger partial charge in [0.05, 0.1) is 11.4 Å². The SMILES string of the molecule is CC(=O)Nc1cc(C(C)C)ccc1N1CCC(N(C)C)CC1. The van der Waals surface area contributed by atoms with Gasteiger partial charge in [0.2, 0.25) is 5.91 Å². The molecule has 22 heavy (non-hydrogen) atoms. The summed E-state index contributed by atoms with van der Waals surface area (Å²) in [5.41, 5.74) is 3.36. The van der Waals surface area contributed by atoms with E-state index in [9.17, 15) is 4.79 Å². The third-order valence-corrected chi connectivity index (χ3v) is 4.53. The molecule has 0 aromatic heterocycles. The van der Waals surface area contributed by atoms with Crippen LogP contribution in [-0.2, 0) is 4.79 Å². The Hall–Kier alpha value is -1.55. The number of anilines is 2. The fourth-order valence-corrected chi connectivity index (χ4v) is 3.10. The van der Waals surface area contributed by atoms with E-state index in [0.717, 1.165) is 24.5 Å². The van der Waals surface area contributed by atoms with Crippen molar-refractivity contribution in [2.75, 3.05) is 37.4 Å². The van der Waals surface area contributed by atoms with Crippen LogP contribution in [0.1, 0.15) is 45.1 Å². The van der Waals surface area contributed by atoms with Crippen LogP contribution in [0.4, 0.5) is 11.4 Å². The summed E-state index contributed by atoms with van der Waals surface area (Å²) >= 11 is 0. The first kappa shape index (κ1) is 16.8. The molecule has 1 aromatic rings. The zero-order valence-electron chi connectivity index (χ0n) is 14.5. The highest BCUT2D eigenvalue weighted by atomic mass is 16.1. The molecule has 1 N–H and O–H groups in total. The van der Waals surface area contributed by atoms with Gasteiger partial charge in [-0.3, -0.25) is 4.79 Å². The van der Waals surface area contributed by atoms with Crippen LogP contribution in [0.2, 0.25) is 0 Å². The van der Waals surface area contributed by atoms with E-state index in [2.05, 4.69) is 61.3 Å². The number of piperidine rings is 1. The standard InChI is InChI=1S/C18H29N3O/c1-13(2)15-6-7-18(17(12-15)19-14(3)22)21-10-8-16(9-11-21)20(4)5/h6-7,12-13,16H,8-11H2,1-5H3,(H,19,22). The lowest BCUT2D eigenvalue weighted by Gasteiger charge is -2.37. The highest BCUT2D eigenvalue weighted by molar-refractivity contribution is 5.93. The van der Waals surface area contributed by atoms with Crippen LogP contribution in [0, 0.1) is 0 Å². The summed E-state index contributed by atoms with van der Waals surface area (Å²) in [7, 11) is 4.31. The van der Waals surface area contributed by atoms with E-state index in [-0.39, 0.29) is 5.91 Å². The first-order valence-electron chi connectivity index (χ1n) is 8.21. The maximum Gasteiger partial charge on any atom is 0.221 e. The lowest BCUT2D eigenvalue weighted by atomic mass is 9.99. The van der Waals surface area contributed by atoms with Crippen LogP contribution < -0.4 is 10.2 Å². The Bertz CT molecular complexity index is 517. The minimum Gasteiger partial charge on any atom is -0.370 e. The van der Waals surface area contributed by atoms with Crippen molar-refractivity contribution in [3.05, 3.63) is 23.8 Å². The average molecular weight is 303 g/mol. The largest absolute Gasteiger partial charge is 0.370 e. The lowest BCUT2D eigenvalue weighted by molar-refractivity contribution is -0.114. The van der Waals surface area contributed by atoms with Crippen molar-refractivity contribution < 1.29 is 4.79 Å². The van der Waals surface area contributed by atoms with Crippen molar-refractivity contribution in [2.24, 2.45) is 0 Å². The smallest absolute Gasteiger partial charge is 0.221 e. The molecular formula is C18H29N3O. The van der Waals surface area contributed by atoms with Gasteiger partial charge in [0, 0.05) is 26.1 Å². The fraction of sp³-hybridized carbons (Fsp3) is 0.611. The van der Waals surface area contributed by atoms with Gasteiger partial charge in [-0.2, -0.15) is 0 Å². The molecule has 1 heterocycles. The van der Waals surface area contributed by atoms with Crippen LogP contribution >= 0.6 is 0 Å². The summed E-state index contributed by atoms with van der Waals surface area (Å²) in [4.78, 5) is 16.2. The molecule has 4 heteroatoms. The number of nitrogens with zero attached hydrogens (tertiary/aromatic N) is 2. The molecule has 0 spiro atoms. The van der Waals surface area contributed by atoms with Gasteiger partial charge in [-0.1, -0.05) is 19.9 Å². The van der Waals surface area contributed by atoms with Crippen LogP contribution in [0.5, 0.6) is 0 Å². The first-order chi connectivity index (χ1) is 10.4. The Kier molecular flexibility index (Phi) is 5.46. The highest BCUT2D eigenvalue weighted by Crippen LogP contribution is 2.32. The summed E-state index contributed by atoms with van der Waals surface area (Å²) in [6.07, 6.45) is 2.33. The molecule has 122 valence electrons. The van der Waals surface area contributed by atoms with E-state index in [0.29, 0.717) is 12.0 Å². The minimum atomic E-state index is -0.00895. The zero-order chi connectivity index (χ0) is 16.3. The predicted octanol–water partition coefficient (Wildman–Crippen LogP) is 3.30. The molecule has 0 aliphatic carbocycles. The molecule has 0 saturated carbocycles. The van der Waals surface area contributed by atoms with Crippen molar-refractivity contribution in [3.63, 3.8) is 0 Å². The molecule has 0 bridgehead atoms. The third-order valence-electron chi connectivity index (χ3n) is 4.53. The van der Waals surface area contributed by atoms with Gasteiger partial charge in [-0.15, -0.1) is 0 Å². The molecule has 1 aliphatic heterocycles. The number of hydrogen-bond donors (Lipinski definition) is 1. The van der Waals surface area contributed by atoms with E-state index in [1.165, 1.54) is 18.4 Å². The summed E-state index contributed by atoms with van der Waals surface area (Å²) in [5.74, 6) is 0.450. The quantitative estimate of drug-likeness (QED) is 0.927. The second-order valence-electron chi connectivity index (χ2n) is 6.79. The van der Waals surface area contributed by atoms with Gasteiger partial charge >= 0.3 is 0 Å². The topological polar surface area (TPSA) is 35.6 Å². The van der Waals surface area contributed by atoms with E-state index in [1.807, 2.05) is 0 Å². The number of carbonyl (C=O) groups is 1. The maximum absolute atomic E-state index is 11.5. The number of amides is 1. The molecule has 1 aliphatic rings. The van der Waals surface area contributed by atoms with Crippen LogP contribution in [-0.4, -0.2) is 44.0 Å². The average Bonchev–Trinajstić information content (AvgIpc) is 2.46. The molecular weight excluding hydrogens is 274 g/mol. The van der Waals surface area contributed by atoms with Gasteiger partial charge in [0.15, 0.2) is 0 Å². The van der Waals surface area contributed by atoms with Crippen LogP contribution in [0.25, 0.3) is 0 Å². The third kappa shape index (κ3) is 4.01. The second kappa shape index (κ2) is 7.14. The van der Waals surface area contributed by atoms with Gasteiger partial charge in [0.25, 0.3) is 0 Å². The molecule has 1 aromatic carbocycles. The fourth-order valence-electron chi connectivity index (χ4n) is 3.10. The Labute approximate surface area is 134 Å². The Morgan fingerprint density at radius 2 is 1.91 bits per heavy atom. The molecule has 1 amide bonds. The first-order valence-corrected chi connectivity index (χ1v) is 8.21. The van der Waals surface area contributed by atoms with Crippen LogP contribution in [0.3, 0.4) is 0 Å². The van der Waals surface area contributed by atoms with Crippen LogP contribution in [0.15, 0.2) is 18.2 Å². The number of carbonyl (C=O) groups excluding carboxylic acids is 1. The zero-order valence-corrected chi connectivity index (χ0v) is 14.5. The van der Waals surface area contributed by atoms with Crippen molar-refractivity contribution in [2.45, 2.75) is 45.6 Å². The minimum absolute atomic E-state index is 0.00895. The number of nitrogens with one attached hydrogen (secondary N) is 1. The Balaban J connectivity index is 2.21. The molecule has 2 rings (SSSR count).